The molecule has 0 aliphatic rings. The van der Waals surface area contributed by atoms with Gasteiger partial charge in [-0.05, 0) is 48.5 Å². The van der Waals surface area contributed by atoms with Crippen LogP contribution in [0.25, 0.3) is 11.3 Å². The number of rotatable bonds is 6. The van der Waals surface area contributed by atoms with Gasteiger partial charge in [0.1, 0.15) is 11.5 Å². The summed E-state index contributed by atoms with van der Waals surface area (Å²) >= 11 is 5.85. The Morgan fingerprint density at radius 2 is 1.80 bits per heavy atom. The van der Waals surface area contributed by atoms with Gasteiger partial charge in [-0.2, -0.15) is 0 Å². The number of benzene rings is 1. The molecule has 0 saturated heterocycles. The number of nitrogens with one attached hydrogen (secondary N) is 2. The van der Waals surface area contributed by atoms with Crippen LogP contribution in [0.3, 0.4) is 0 Å². The summed E-state index contributed by atoms with van der Waals surface area (Å²) in [6, 6.07) is 13.8. The molecule has 7 heteroatoms. The van der Waals surface area contributed by atoms with E-state index in [1.165, 1.54) is 6.26 Å². The molecule has 2 heterocycles. The molecule has 0 radical (unpaired) electrons. The molecule has 3 rings (SSSR count). The van der Waals surface area contributed by atoms with Gasteiger partial charge in [0.05, 0.1) is 19.4 Å². The largest absolute Gasteiger partial charge is 0.467 e. The van der Waals surface area contributed by atoms with Crippen LogP contribution in [0.1, 0.15) is 16.3 Å². The van der Waals surface area contributed by atoms with E-state index in [1.807, 2.05) is 0 Å². The quantitative estimate of drug-likeness (QED) is 0.708. The zero-order chi connectivity index (χ0) is 17.6. The second-order valence-corrected chi connectivity index (χ2v) is 5.65. The van der Waals surface area contributed by atoms with Crippen LogP contribution >= 0.6 is 11.6 Å². The van der Waals surface area contributed by atoms with E-state index in [0.29, 0.717) is 16.5 Å². The van der Waals surface area contributed by atoms with Crippen molar-refractivity contribution >= 4 is 23.4 Å². The molecule has 2 amide bonds. The number of halogens is 1. The molecule has 0 spiro atoms. The smallest absolute Gasteiger partial charge is 0.287 e. The molecule has 0 atom stereocenters. The summed E-state index contributed by atoms with van der Waals surface area (Å²) in [6.45, 7) is 0.111. The number of furan rings is 2. The monoisotopic (exact) mass is 358 g/mol. The van der Waals surface area contributed by atoms with Gasteiger partial charge in [0, 0.05) is 10.6 Å². The van der Waals surface area contributed by atoms with Gasteiger partial charge in [-0.25, -0.2) is 0 Å². The average molecular weight is 359 g/mol. The van der Waals surface area contributed by atoms with Crippen LogP contribution in [0.15, 0.2) is 63.6 Å². The summed E-state index contributed by atoms with van der Waals surface area (Å²) in [5.74, 6) is 0.522. The number of hydrogen-bond donors (Lipinski definition) is 2. The van der Waals surface area contributed by atoms with E-state index in [9.17, 15) is 9.59 Å². The average Bonchev–Trinajstić information content (AvgIpc) is 3.30. The third-order valence-electron chi connectivity index (χ3n) is 3.41. The van der Waals surface area contributed by atoms with E-state index >= 15 is 0 Å². The first kappa shape index (κ1) is 16.9. The molecular weight excluding hydrogens is 344 g/mol. The zero-order valence-corrected chi connectivity index (χ0v) is 13.9. The summed E-state index contributed by atoms with van der Waals surface area (Å²) in [6.07, 6.45) is 1.53. The Morgan fingerprint density at radius 3 is 2.52 bits per heavy atom. The predicted molar refractivity (Wildman–Crippen MR) is 92.0 cm³/mol. The van der Waals surface area contributed by atoms with Crippen LogP contribution < -0.4 is 10.6 Å². The molecule has 3 aromatic rings. The Labute approximate surface area is 148 Å². The molecule has 1 aromatic carbocycles. The second-order valence-electron chi connectivity index (χ2n) is 5.21. The van der Waals surface area contributed by atoms with Crippen molar-refractivity contribution in [1.29, 1.82) is 0 Å². The van der Waals surface area contributed by atoms with Crippen molar-refractivity contribution in [2.24, 2.45) is 0 Å². The van der Waals surface area contributed by atoms with Crippen molar-refractivity contribution < 1.29 is 18.4 Å². The first-order valence-electron chi connectivity index (χ1n) is 7.55. The molecule has 0 unspecified atom stereocenters. The Hall–Kier alpha value is -2.99. The highest BCUT2D eigenvalue weighted by molar-refractivity contribution is 6.30. The molecule has 0 aliphatic heterocycles. The maximum atomic E-state index is 12.1. The maximum absolute atomic E-state index is 12.1. The van der Waals surface area contributed by atoms with Gasteiger partial charge >= 0.3 is 0 Å². The molecule has 2 aromatic heterocycles. The Morgan fingerprint density at radius 1 is 1.00 bits per heavy atom. The summed E-state index contributed by atoms with van der Waals surface area (Å²) in [5, 5.41) is 5.76. The Bertz CT molecular complexity index is 854. The number of carbonyl (C=O) groups excluding carboxylic acids is 2. The molecule has 25 heavy (non-hydrogen) atoms. The predicted octanol–water partition coefficient (Wildman–Crippen LogP) is 3.24. The molecule has 2 N–H and O–H groups in total. The minimum absolute atomic E-state index is 0.129. The topological polar surface area (TPSA) is 84.5 Å². The van der Waals surface area contributed by atoms with Gasteiger partial charge in [-0.15, -0.1) is 0 Å². The summed E-state index contributed by atoms with van der Waals surface area (Å²) < 4.78 is 10.6. The highest BCUT2D eigenvalue weighted by Crippen LogP contribution is 2.23. The van der Waals surface area contributed by atoms with Crippen molar-refractivity contribution in [2.75, 3.05) is 6.54 Å². The van der Waals surface area contributed by atoms with E-state index in [4.69, 9.17) is 20.4 Å². The highest BCUT2D eigenvalue weighted by Gasteiger charge is 2.13. The summed E-state index contributed by atoms with van der Waals surface area (Å²) in [7, 11) is 0. The lowest BCUT2D eigenvalue weighted by Crippen LogP contribution is -2.36. The van der Waals surface area contributed by atoms with Crippen LogP contribution in [0.5, 0.6) is 0 Å². The molecule has 0 aliphatic carbocycles. The first-order valence-corrected chi connectivity index (χ1v) is 7.92. The third kappa shape index (κ3) is 4.51. The summed E-state index contributed by atoms with van der Waals surface area (Å²) in [4.78, 5) is 23.8. The van der Waals surface area contributed by atoms with E-state index in [1.54, 1.807) is 48.5 Å². The van der Waals surface area contributed by atoms with Gasteiger partial charge in [-0.1, -0.05) is 11.6 Å². The molecule has 0 saturated carbocycles. The van der Waals surface area contributed by atoms with Crippen LogP contribution in [0.2, 0.25) is 5.02 Å². The van der Waals surface area contributed by atoms with Crippen molar-refractivity contribution in [2.45, 2.75) is 6.54 Å². The zero-order valence-electron chi connectivity index (χ0n) is 13.1. The van der Waals surface area contributed by atoms with Crippen molar-refractivity contribution in [3.8, 4) is 11.3 Å². The lowest BCUT2D eigenvalue weighted by molar-refractivity contribution is -0.120. The first-order chi connectivity index (χ1) is 12.1. The van der Waals surface area contributed by atoms with Gasteiger partial charge in [-0.3, -0.25) is 9.59 Å². The summed E-state index contributed by atoms with van der Waals surface area (Å²) in [5.41, 5.74) is 0.805. The van der Waals surface area contributed by atoms with Crippen molar-refractivity contribution in [3.63, 3.8) is 0 Å². The van der Waals surface area contributed by atoms with E-state index < -0.39 is 5.91 Å². The van der Waals surface area contributed by atoms with Gasteiger partial charge in [0.2, 0.25) is 5.91 Å². The standard InChI is InChI=1S/C18H15ClN2O4/c19-13-5-3-12(4-6-13)15-7-8-16(25-15)18(23)21-11-17(22)20-10-14-2-1-9-24-14/h1-9H,10-11H2,(H,20,22)(H,21,23). The van der Waals surface area contributed by atoms with Crippen LogP contribution in [0, 0.1) is 0 Å². The lowest BCUT2D eigenvalue weighted by atomic mass is 10.2. The van der Waals surface area contributed by atoms with Crippen molar-refractivity contribution in [1.82, 2.24) is 10.6 Å². The third-order valence-corrected chi connectivity index (χ3v) is 3.66. The molecule has 0 bridgehead atoms. The second kappa shape index (κ2) is 7.72. The van der Waals surface area contributed by atoms with E-state index in [0.717, 1.165) is 5.56 Å². The maximum Gasteiger partial charge on any atom is 0.287 e. The van der Waals surface area contributed by atoms with E-state index in [2.05, 4.69) is 10.6 Å². The fourth-order valence-corrected chi connectivity index (χ4v) is 2.26. The minimum atomic E-state index is -0.464. The number of amides is 2. The Kier molecular flexibility index (Phi) is 5.20. The van der Waals surface area contributed by atoms with E-state index in [-0.39, 0.29) is 24.8 Å². The van der Waals surface area contributed by atoms with Crippen LogP contribution in [0.4, 0.5) is 0 Å². The van der Waals surface area contributed by atoms with Gasteiger partial charge in [0.25, 0.3) is 5.91 Å². The lowest BCUT2D eigenvalue weighted by Gasteiger charge is -2.04. The van der Waals surface area contributed by atoms with Crippen LogP contribution in [-0.4, -0.2) is 18.4 Å². The Balaban J connectivity index is 1.51. The SMILES string of the molecule is O=C(CNC(=O)c1ccc(-c2ccc(Cl)cc2)o1)NCc1ccco1. The molecular formula is C18H15ClN2O4. The highest BCUT2D eigenvalue weighted by atomic mass is 35.5. The van der Waals surface area contributed by atoms with Gasteiger partial charge in [0.15, 0.2) is 5.76 Å². The van der Waals surface area contributed by atoms with Gasteiger partial charge < -0.3 is 19.5 Å². The fraction of sp³-hybridized carbons (Fsp3) is 0.111. The van der Waals surface area contributed by atoms with Crippen LogP contribution in [-0.2, 0) is 11.3 Å². The number of hydrogen-bond acceptors (Lipinski definition) is 4. The number of carbonyl (C=O) groups is 2. The fourth-order valence-electron chi connectivity index (χ4n) is 2.14. The normalized spacial score (nSPS) is 10.4. The molecule has 128 valence electrons. The molecule has 6 nitrogen and oxygen atoms in total. The van der Waals surface area contributed by atoms with Crippen molar-refractivity contribution in [3.05, 3.63) is 71.3 Å². The molecule has 0 fully saturated rings. The minimum Gasteiger partial charge on any atom is -0.467 e.